The molecule has 7 nitrogen and oxygen atoms in total. The van der Waals surface area contributed by atoms with Gasteiger partial charge in [-0.1, -0.05) is 0 Å². The molecule has 0 saturated heterocycles. The number of ether oxygens (including phenoxy) is 4. The predicted octanol–water partition coefficient (Wildman–Crippen LogP) is 1.02. The van der Waals surface area contributed by atoms with E-state index in [4.69, 9.17) is 24.7 Å². The number of hydrogen-bond donors (Lipinski definition) is 1. The largest absolute Gasteiger partial charge is 0.493 e. The normalized spacial score (nSPS) is 10.4. The van der Waals surface area contributed by atoms with Crippen molar-refractivity contribution in [1.29, 1.82) is 0 Å². The molecule has 0 spiro atoms. The van der Waals surface area contributed by atoms with Crippen molar-refractivity contribution in [3.05, 3.63) is 17.7 Å². The highest BCUT2D eigenvalue weighted by molar-refractivity contribution is 5.99. The Morgan fingerprint density at radius 1 is 1.05 bits per heavy atom. The minimum atomic E-state index is -0.212. The van der Waals surface area contributed by atoms with Gasteiger partial charge in [0, 0.05) is 39.1 Å². The highest BCUT2D eigenvalue weighted by atomic mass is 16.5. The summed E-state index contributed by atoms with van der Waals surface area (Å²) in [5.41, 5.74) is 6.62. The second-order valence-electron chi connectivity index (χ2n) is 4.58. The van der Waals surface area contributed by atoms with E-state index in [0.29, 0.717) is 49.1 Å². The molecule has 0 aliphatic carbocycles. The number of anilines is 1. The maximum absolute atomic E-state index is 12.8. The molecule has 22 heavy (non-hydrogen) atoms. The van der Waals surface area contributed by atoms with Gasteiger partial charge in [0.05, 0.1) is 33.0 Å². The molecule has 1 aromatic carbocycles. The molecule has 0 bridgehead atoms. The lowest BCUT2D eigenvalue weighted by atomic mass is 10.1. The van der Waals surface area contributed by atoms with Crippen LogP contribution in [0.15, 0.2) is 12.1 Å². The SMILES string of the molecule is COCCN(CCOC)C(=O)c1cc(N)cc(OC)c1OC. The average molecular weight is 312 g/mol. The Labute approximate surface area is 130 Å². The van der Waals surface area contributed by atoms with Crippen LogP contribution in [0.3, 0.4) is 0 Å². The van der Waals surface area contributed by atoms with Gasteiger partial charge in [-0.2, -0.15) is 0 Å². The molecule has 0 aromatic heterocycles. The molecule has 0 unspecified atom stereocenters. The highest BCUT2D eigenvalue weighted by Gasteiger charge is 2.22. The number of amides is 1. The van der Waals surface area contributed by atoms with Crippen LogP contribution in [0.4, 0.5) is 5.69 Å². The van der Waals surface area contributed by atoms with Gasteiger partial charge in [-0.3, -0.25) is 4.79 Å². The lowest BCUT2D eigenvalue weighted by Gasteiger charge is -2.23. The van der Waals surface area contributed by atoms with Crippen molar-refractivity contribution in [1.82, 2.24) is 4.90 Å². The molecule has 1 aromatic rings. The summed E-state index contributed by atoms with van der Waals surface area (Å²) in [5.74, 6) is 0.572. The van der Waals surface area contributed by atoms with Crippen LogP contribution in [0.2, 0.25) is 0 Å². The highest BCUT2D eigenvalue weighted by Crippen LogP contribution is 2.34. The summed E-state index contributed by atoms with van der Waals surface area (Å²) in [6.07, 6.45) is 0. The van der Waals surface area contributed by atoms with E-state index in [1.54, 1.807) is 31.3 Å². The minimum Gasteiger partial charge on any atom is -0.493 e. The third kappa shape index (κ3) is 4.51. The molecule has 0 aliphatic rings. The summed E-state index contributed by atoms with van der Waals surface area (Å²) in [6.45, 7) is 1.74. The molecule has 2 N–H and O–H groups in total. The fourth-order valence-corrected chi connectivity index (χ4v) is 2.03. The van der Waals surface area contributed by atoms with E-state index >= 15 is 0 Å². The van der Waals surface area contributed by atoms with Crippen LogP contribution in [0.25, 0.3) is 0 Å². The Balaban J connectivity index is 3.13. The summed E-state index contributed by atoms with van der Waals surface area (Å²) in [6, 6.07) is 3.19. The molecule has 0 heterocycles. The van der Waals surface area contributed by atoms with E-state index in [-0.39, 0.29) is 5.91 Å². The van der Waals surface area contributed by atoms with E-state index in [1.165, 1.54) is 14.2 Å². The van der Waals surface area contributed by atoms with Crippen molar-refractivity contribution < 1.29 is 23.7 Å². The maximum atomic E-state index is 12.8. The first-order chi connectivity index (χ1) is 10.6. The van der Waals surface area contributed by atoms with Crippen LogP contribution in [-0.4, -0.2) is 65.5 Å². The van der Waals surface area contributed by atoms with Crippen molar-refractivity contribution in [2.24, 2.45) is 0 Å². The molecular formula is C15H24N2O5. The number of benzene rings is 1. The van der Waals surface area contributed by atoms with Crippen LogP contribution >= 0.6 is 0 Å². The van der Waals surface area contributed by atoms with Gasteiger partial charge in [0.1, 0.15) is 0 Å². The number of carbonyl (C=O) groups excluding carboxylic acids is 1. The molecule has 7 heteroatoms. The predicted molar refractivity (Wildman–Crippen MR) is 83.6 cm³/mol. The molecule has 0 atom stereocenters. The zero-order chi connectivity index (χ0) is 16.5. The van der Waals surface area contributed by atoms with Crippen molar-refractivity contribution in [3.63, 3.8) is 0 Å². The Morgan fingerprint density at radius 2 is 1.64 bits per heavy atom. The lowest BCUT2D eigenvalue weighted by molar-refractivity contribution is 0.0623. The summed E-state index contributed by atoms with van der Waals surface area (Å²) < 4.78 is 20.6. The number of methoxy groups -OCH3 is 4. The van der Waals surface area contributed by atoms with E-state index in [2.05, 4.69) is 0 Å². The Kier molecular flexibility index (Phi) is 7.48. The molecular weight excluding hydrogens is 288 g/mol. The third-order valence-electron chi connectivity index (χ3n) is 3.15. The van der Waals surface area contributed by atoms with Crippen LogP contribution in [0.1, 0.15) is 10.4 Å². The van der Waals surface area contributed by atoms with Crippen molar-refractivity contribution >= 4 is 11.6 Å². The fraction of sp³-hybridized carbons (Fsp3) is 0.533. The van der Waals surface area contributed by atoms with Gasteiger partial charge in [0.25, 0.3) is 5.91 Å². The maximum Gasteiger partial charge on any atom is 0.258 e. The second-order valence-corrected chi connectivity index (χ2v) is 4.58. The Hall–Kier alpha value is -1.99. The number of hydrogen-bond acceptors (Lipinski definition) is 6. The number of nitrogens with zero attached hydrogens (tertiary/aromatic N) is 1. The zero-order valence-electron chi connectivity index (χ0n) is 13.5. The zero-order valence-corrected chi connectivity index (χ0v) is 13.5. The summed E-state index contributed by atoms with van der Waals surface area (Å²) in [5, 5.41) is 0. The van der Waals surface area contributed by atoms with Gasteiger partial charge in [0.2, 0.25) is 0 Å². The van der Waals surface area contributed by atoms with E-state index < -0.39 is 0 Å². The van der Waals surface area contributed by atoms with Crippen LogP contribution in [0, 0.1) is 0 Å². The molecule has 0 saturated carbocycles. The quantitative estimate of drug-likeness (QED) is 0.686. The first-order valence-corrected chi connectivity index (χ1v) is 6.87. The first-order valence-electron chi connectivity index (χ1n) is 6.87. The van der Waals surface area contributed by atoms with Gasteiger partial charge in [-0.15, -0.1) is 0 Å². The number of nitrogens with two attached hydrogens (primary N) is 1. The Morgan fingerprint density at radius 3 is 2.09 bits per heavy atom. The molecule has 1 rings (SSSR count). The standard InChI is InChI=1S/C15H24N2O5/c1-19-7-5-17(6-8-20-2)15(18)12-9-11(16)10-13(21-3)14(12)22-4/h9-10H,5-8,16H2,1-4H3. The minimum absolute atomic E-state index is 0.212. The first kappa shape index (κ1) is 18.1. The topological polar surface area (TPSA) is 83.3 Å². The van der Waals surface area contributed by atoms with E-state index in [9.17, 15) is 4.79 Å². The van der Waals surface area contributed by atoms with Gasteiger partial charge in [-0.25, -0.2) is 0 Å². The Bertz CT molecular complexity index is 485. The summed E-state index contributed by atoms with van der Waals surface area (Å²) in [4.78, 5) is 14.4. The van der Waals surface area contributed by atoms with Crippen LogP contribution in [0.5, 0.6) is 11.5 Å². The fourth-order valence-electron chi connectivity index (χ4n) is 2.03. The molecule has 0 aliphatic heterocycles. The van der Waals surface area contributed by atoms with Gasteiger partial charge >= 0.3 is 0 Å². The molecule has 1 amide bonds. The monoisotopic (exact) mass is 312 g/mol. The second kappa shape index (κ2) is 9.11. The molecule has 0 fully saturated rings. The van der Waals surface area contributed by atoms with Gasteiger partial charge < -0.3 is 29.6 Å². The summed E-state index contributed by atoms with van der Waals surface area (Å²) >= 11 is 0. The number of carbonyl (C=O) groups is 1. The van der Waals surface area contributed by atoms with Gasteiger partial charge in [-0.05, 0) is 6.07 Å². The van der Waals surface area contributed by atoms with Crippen molar-refractivity contribution in [2.75, 3.05) is 60.5 Å². The number of nitrogen functional groups attached to an aromatic ring is 1. The smallest absolute Gasteiger partial charge is 0.258 e. The van der Waals surface area contributed by atoms with Crippen LogP contribution < -0.4 is 15.2 Å². The molecule has 124 valence electrons. The van der Waals surface area contributed by atoms with Gasteiger partial charge in [0.15, 0.2) is 11.5 Å². The van der Waals surface area contributed by atoms with Crippen LogP contribution in [-0.2, 0) is 9.47 Å². The lowest BCUT2D eigenvalue weighted by Crippen LogP contribution is -2.36. The third-order valence-corrected chi connectivity index (χ3v) is 3.15. The average Bonchev–Trinajstić information content (AvgIpc) is 2.53. The molecule has 0 radical (unpaired) electrons. The van der Waals surface area contributed by atoms with E-state index in [1.807, 2.05) is 0 Å². The number of rotatable bonds is 9. The van der Waals surface area contributed by atoms with Crippen molar-refractivity contribution in [2.45, 2.75) is 0 Å². The van der Waals surface area contributed by atoms with Crippen molar-refractivity contribution in [3.8, 4) is 11.5 Å². The summed E-state index contributed by atoms with van der Waals surface area (Å²) in [7, 11) is 6.16. The van der Waals surface area contributed by atoms with E-state index in [0.717, 1.165) is 0 Å².